The van der Waals surface area contributed by atoms with Crippen molar-refractivity contribution in [2.75, 3.05) is 10.6 Å². The fourth-order valence-corrected chi connectivity index (χ4v) is 4.56. The van der Waals surface area contributed by atoms with Crippen LogP contribution in [0, 0.1) is 11.7 Å². The van der Waals surface area contributed by atoms with E-state index in [1.54, 1.807) is 6.92 Å². The maximum Gasteiger partial charge on any atom is 0.244 e. The highest BCUT2D eigenvalue weighted by Crippen LogP contribution is 2.25. The van der Waals surface area contributed by atoms with Gasteiger partial charge in [-0.05, 0) is 48.6 Å². The minimum Gasteiger partial charge on any atom is -0.347 e. The van der Waals surface area contributed by atoms with Crippen LogP contribution in [0.25, 0.3) is 0 Å². The predicted molar refractivity (Wildman–Crippen MR) is 115 cm³/mol. The summed E-state index contributed by atoms with van der Waals surface area (Å²) in [7, 11) is -3.76. The molecular formula is C22H29FN2O3S. The molecule has 29 heavy (non-hydrogen) atoms. The second-order valence-corrected chi connectivity index (χ2v) is 9.42. The Morgan fingerprint density at radius 1 is 1.07 bits per heavy atom. The highest BCUT2D eigenvalue weighted by Gasteiger charge is 2.32. The summed E-state index contributed by atoms with van der Waals surface area (Å²) in [4.78, 5) is 13.2. The Morgan fingerprint density at radius 3 is 2.14 bits per heavy atom. The standard InChI is InChI=1S/C22H29FN2O3S/c1-5-21(25(29(4,27)28)19-13-11-18(23)12-14-19)22(26)24-20(15-16(2)3)17-9-7-6-8-10-17/h6-14,16,20-21H,5,15H2,1-4H3,(H,24,26)/t20-,21-/m1/s1. The highest BCUT2D eigenvalue weighted by molar-refractivity contribution is 7.92. The van der Waals surface area contributed by atoms with Crippen molar-refractivity contribution in [3.8, 4) is 0 Å². The van der Waals surface area contributed by atoms with Crippen molar-refractivity contribution in [1.29, 1.82) is 0 Å². The maximum atomic E-state index is 13.3. The molecule has 0 aromatic heterocycles. The molecule has 2 rings (SSSR count). The second-order valence-electron chi connectivity index (χ2n) is 7.56. The zero-order valence-electron chi connectivity index (χ0n) is 17.3. The number of nitrogens with one attached hydrogen (secondary N) is 1. The minimum absolute atomic E-state index is 0.229. The molecule has 1 N–H and O–H groups in total. The van der Waals surface area contributed by atoms with Gasteiger partial charge in [0.2, 0.25) is 15.9 Å². The summed E-state index contributed by atoms with van der Waals surface area (Å²) >= 11 is 0. The quantitative estimate of drug-likeness (QED) is 0.659. The van der Waals surface area contributed by atoms with Gasteiger partial charge >= 0.3 is 0 Å². The van der Waals surface area contributed by atoms with Crippen LogP contribution in [0.5, 0.6) is 0 Å². The average Bonchev–Trinajstić information content (AvgIpc) is 2.65. The molecular weight excluding hydrogens is 391 g/mol. The topological polar surface area (TPSA) is 66.5 Å². The predicted octanol–water partition coefficient (Wildman–Crippen LogP) is 4.27. The number of benzene rings is 2. The summed E-state index contributed by atoms with van der Waals surface area (Å²) < 4.78 is 39.4. The van der Waals surface area contributed by atoms with Gasteiger partial charge < -0.3 is 5.32 Å². The molecule has 158 valence electrons. The molecule has 0 bridgehead atoms. The maximum absolute atomic E-state index is 13.3. The average molecular weight is 421 g/mol. The van der Waals surface area contributed by atoms with Crippen LogP contribution in [-0.4, -0.2) is 26.6 Å². The number of hydrogen-bond acceptors (Lipinski definition) is 3. The van der Waals surface area contributed by atoms with Gasteiger partial charge in [-0.3, -0.25) is 9.10 Å². The first-order valence-electron chi connectivity index (χ1n) is 9.73. The van der Waals surface area contributed by atoms with Crippen molar-refractivity contribution in [1.82, 2.24) is 5.32 Å². The Hall–Kier alpha value is -2.41. The van der Waals surface area contributed by atoms with Crippen molar-refractivity contribution in [3.63, 3.8) is 0 Å². The number of sulfonamides is 1. The smallest absolute Gasteiger partial charge is 0.244 e. The molecule has 0 saturated carbocycles. The van der Waals surface area contributed by atoms with E-state index >= 15 is 0 Å². The summed E-state index contributed by atoms with van der Waals surface area (Å²) in [5.74, 6) is -0.513. The first-order valence-corrected chi connectivity index (χ1v) is 11.6. The Balaban J connectivity index is 2.35. The molecule has 0 spiro atoms. The summed E-state index contributed by atoms with van der Waals surface area (Å²) in [5, 5.41) is 3.03. The minimum atomic E-state index is -3.76. The number of carbonyl (C=O) groups is 1. The fourth-order valence-electron chi connectivity index (χ4n) is 3.35. The van der Waals surface area contributed by atoms with E-state index in [1.165, 1.54) is 24.3 Å². The number of anilines is 1. The molecule has 7 heteroatoms. The van der Waals surface area contributed by atoms with Crippen LogP contribution in [0.15, 0.2) is 54.6 Å². The largest absolute Gasteiger partial charge is 0.347 e. The van der Waals surface area contributed by atoms with Gasteiger partial charge in [0.25, 0.3) is 0 Å². The molecule has 5 nitrogen and oxygen atoms in total. The van der Waals surface area contributed by atoms with Crippen LogP contribution in [0.1, 0.15) is 45.2 Å². The lowest BCUT2D eigenvalue weighted by molar-refractivity contribution is -0.123. The molecule has 1 amide bonds. The Bertz CT molecular complexity index is 899. The van der Waals surface area contributed by atoms with Gasteiger partial charge in [-0.25, -0.2) is 12.8 Å². The van der Waals surface area contributed by atoms with Gasteiger partial charge in [0.05, 0.1) is 18.0 Å². The fraction of sp³-hybridized carbons (Fsp3) is 0.409. The van der Waals surface area contributed by atoms with E-state index in [1.807, 2.05) is 30.3 Å². The lowest BCUT2D eigenvalue weighted by atomic mass is 9.96. The van der Waals surface area contributed by atoms with Crippen LogP contribution >= 0.6 is 0 Å². The number of amides is 1. The lowest BCUT2D eigenvalue weighted by Gasteiger charge is -2.32. The molecule has 0 aliphatic rings. The van der Waals surface area contributed by atoms with E-state index in [9.17, 15) is 17.6 Å². The monoisotopic (exact) mass is 420 g/mol. The SMILES string of the molecule is CC[C@H](C(=O)N[C@H](CC(C)C)c1ccccc1)N(c1ccc(F)cc1)S(C)(=O)=O. The van der Waals surface area contributed by atoms with E-state index < -0.39 is 21.9 Å². The summed E-state index contributed by atoms with van der Waals surface area (Å²) in [5.41, 5.74) is 1.23. The van der Waals surface area contributed by atoms with Gasteiger partial charge in [0, 0.05) is 0 Å². The molecule has 0 radical (unpaired) electrons. The van der Waals surface area contributed by atoms with Crippen LogP contribution in [0.4, 0.5) is 10.1 Å². The normalized spacial score (nSPS) is 13.7. The van der Waals surface area contributed by atoms with Crippen molar-refractivity contribution in [2.24, 2.45) is 5.92 Å². The van der Waals surface area contributed by atoms with Crippen LogP contribution < -0.4 is 9.62 Å². The third-order valence-electron chi connectivity index (χ3n) is 4.64. The van der Waals surface area contributed by atoms with Gasteiger partial charge in [-0.15, -0.1) is 0 Å². The van der Waals surface area contributed by atoms with E-state index in [-0.39, 0.29) is 24.1 Å². The molecule has 0 unspecified atom stereocenters. The van der Waals surface area contributed by atoms with Crippen LogP contribution in [0.3, 0.4) is 0 Å². The van der Waals surface area contributed by atoms with Gasteiger partial charge in [-0.1, -0.05) is 51.1 Å². The van der Waals surface area contributed by atoms with E-state index in [0.717, 1.165) is 22.5 Å². The first kappa shape index (κ1) is 22.9. The molecule has 2 atom stereocenters. The number of hydrogen-bond donors (Lipinski definition) is 1. The molecule has 0 saturated heterocycles. The summed E-state index contributed by atoms with van der Waals surface area (Å²) in [6, 6.07) is 13.6. The lowest BCUT2D eigenvalue weighted by Crippen LogP contribution is -2.50. The van der Waals surface area contributed by atoms with Crippen molar-refractivity contribution >= 4 is 21.6 Å². The van der Waals surface area contributed by atoms with E-state index in [2.05, 4.69) is 19.2 Å². The van der Waals surface area contributed by atoms with Crippen molar-refractivity contribution in [3.05, 3.63) is 66.0 Å². The molecule has 0 fully saturated rings. The first-order chi connectivity index (χ1) is 13.6. The van der Waals surface area contributed by atoms with E-state index in [4.69, 9.17) is 0 Å². The number of rotatable bonds is 9. The zero-order chi connectivity index (χ0) is 21.6. The highest BCUT2D eigenvalue weighted by atomic mass is 32.2. The number of carbonyl (C=O) groups excluding carboxylic acids is 1. The molecule has 0 aliphatic carbocycles. The van der Waals surface area contributed by atoms with Crippen LogP contribution in [-0.2, 0) is 14.8 Å². The van der Waals surface area contributed by atoms with Crippen molar-refractivity contribution < 1.29 is 17.6 Å². The Kier molecular flexibility index (Phi) is 7.79. The third kappa shape index (κ3) is 6.29. The molecule has 2 aromatic carbocycles. The Labute approximate surface area is 173 Å². The van der Waals surface area contributed by atoms with Gasteiger partial charge in [-0.2, -0.15) is 0 Å². The van der Waals surface area contributed by atoms with Crippen LogP contribution in [0.2, 0.25) is 0 Å². The number of halogens is 1. The van der Waals surface area contributed by atoms with Gasteiger partial charge in [0.15, 0.2) is 0 Å². The zero-order valence-corrected chi connectivity index (χ0v) is 18.1. The van der Waals surface area contributed by atoms with E-state index in [0.29, 0.717) is 5.92 Å². The summed E-state index contributed by atoms with van der Waals surface area (Å²) in [6.07, 6.45) is 2.05. The molecule has 2 aromatic rings. The third-order valence-corrected chi connectivity index (χ3v) is 5.82. The van der Waals surface area contributed by atoms with Gasteiger partial charge in [0.1, 0.15) is 11.9 Å². The number of nitrogens with zero attached hydrogens (tertiary/aromatic N) is 1. The summed E-state index contributed by atoms with van der Waals surface area (Å²) in [6.45, 7) is 5.90. The molecule has 0 aliphatic heterocycles. The Morgan fingerprint density at radius 2 is 1.66 bits per heavy atom. The second kappa shape index (κ2) is 9.87. The molecule has 0 heterocycles. The van der Waals surface area contributed by atoms with Crippen molar-refractivity contribution in [2.45, 2.75) is 45.7 Å².